The van der Waals surface area contributed by atoms with Crippen LogP contribution in [0.2, 0.25) is 0 Å². The molecule has 0 spiro atoms. The molecular weight excluding hydrogens is 417 g/mol. The van der Waals surface area contributed by atoms with Crippen molar-refractivity contribution in [2.24, 2.45) is 0 Å². The maximum Gasteiger partial charge on any atom is 0.405 e. The van der Waals surface area contributed by atoms with Gasteiger partial charge in [0.2, 0.25) is 5.91 Å². The van der Waals surface area contributed by atoms with E-state index in [-0.39, 0.29) is 11.3 Å². The zero-order valence-corrected chi connectivity index (χ0v) is 16.4. The van der Waals surface area contributed by atoms with E-state index in [0.717, 1.165) is 5.56 Å². The highest BCUT2D eigenvalue weighted by Crippen LogP contribution is 2.17. The summed E-state index contributed by atoms with van der Waals surface area (Å²) >= 11 is 0. The Morgan fingerprint density at radius 3 is 2.35 bits per heavy atom. The largest absolute Gasteiger partial charge is 0.497 e. The van der Waals surface area contributed by atoms with E-state index in [0.29, 0.717) is 5.75 Å². The molecule has 0 bridgehead atoms. The fraction of sp³-hybridized carbons (Fsp3) is 0.190. The van der Waals surface area contributed by atoms with Crippen LogP contribution in [-0.4, -0.2) is 44.2 Å². The third kappa shape index (κ3) is 8.21. The molecule has 0 aromatic heterocycles. The Labute approximate surface area is 175 Å². The van der Waals surface area contributed by atoms with Gasteiger partial charge in [-0.15, -0.1) is 0 Å². The molecule has 0 aliphatic rings. The lowest BCUT2D eigenvalue weighted by atomic mass is 10.1. The van der Waals surface area contributed by atoms with Gasteiger partial charge in [-0.2, -0.15) is 13.2 Å². The van der Waals surface area contributed by atoms with Gasteiger partial charge < -0.3 is 20.1 Å². The van der Waals surface area contributed by atoms with Crippen LogP contribution in [0.1, 0.15) is 15.9 Å². The average Bonchev–Trinajstić information content (AvgIpc) is 2.75. The van der Waals surface area contributed by atoms with E-state index in [9.17, 15) is 27.6 Å². The molecule has 0 fully saturated rings. The summed E-state index contributed by atoms with van der Waals surface area (Å²) in [4.78, 5) is 35.7. The molecule has 164 valence electrons. The van der Waals surface area contributed by atoms with Crippen LogP contribution in [0.4, 0.5) is 18.9 Å². The van der Waals surface area contributed by atoms with E-state index in [4.69, 9.17) is 9.47 Å². The number of esters is 1. The van der Waals surface area contributed by atoms with Crippen LogP contribution in [-0.2, 0) is 14.3 Å². The van der Waals surface area contributed by atoms with Crippen molar-refractivity contribution < 1.29 is 37.0 Å². The number of ether oxygens (including phenoxy) is 2. The van der Waals surface area contributed by atoms with E-state index in [1.54, 1.807) is 41.7 Å². The van der Waals surface area contributed by atoms with Gasteiger partial charge in [0, 0.05) is 6.08 Å². The number of hydrogen-bond acceptors (Lipinski definition) is 5. The summed E-state index contributed by atoms with van der Waals surface area (Å²) in [7, 11) is 1.54. The van der Waals surface area contributed by atoms with Crippen molar-refractivity contribution in [1.29, 1.82) is 0 Å². The number of carbonyl (C=O) groups is 3. The molecule has 2 amide bonds. The molecule has 2 aromatic rings. The van der Waals surface area contributed by atoms with E-state index in [1.165, 1.54) is 31.4 Å². The summed E-state index contributed by atoms with van der Waals surface area (Å²) in [6.07, 6.45) is -1.76. The normalized spacial score (nSPS) is 11.1. The Morgan fingerprint density at radius 1 is 1.03 bits per heavy atom. The molecular formula is C21H19F3N2O5. The summed E-state index contributed by atoms with van der Waals surface area (Å²) in [5, 5.41) is 4.10. The lowest BCUT2D eigenvalue weighted by molar-refractivity contribution is -0.140. The minimum atomic E-state index is -4.57. The molecule has 0 heterocycles. The van der Waals surface area contributed by atoms with E-state index in [1.807, 2.05) is 0 Å². The molecule has 7 nitrogen and oxygen atoms in total. The average molecular weight is 436 g/mol. The number of rotatable bonds is 8. The number of carbonyl (C=O) groups excluding carboxylic acids is 3. The first-order valence-corrected chi connectivity index (χ1v) is 8.90. The van der Waals surface area contributed by atoms with Gasteiger partial charge in [-0.05, 0) is 35.9 Å². The van der Waals surface area contributed by atoms with Crippen molar-refractivity contribution in [2.45, 2.75) is 6.18 Å². The standard InChI is InChI=1S/C21H19F3N2O5/c1-30-15-9-6-14(7-10-15)8-11-18(27)26-17-5-3-2-4-16(17)20(29)31-12-19(28)25-13-21(22,23)24/h2-11H,12-13H2,1H3,(H,25,28)(H,26,27)/b11-8+. The highest BCUT2D eigenvalue weighted by atomic mass is 19.4. The van der Waals surface area contributed by atoms with Crippen molar-refractivity contribution in [2.75, 3.05) is 25.6 Å². The van der Waals surface area contributed by atoms with E-state index < -0.39 is 37.1 Å². The fourth-order valence-electron chi connectivity index (χ4n) is 2.29. The number of para-hydroxylation sites is 1. The Morgan fingerprint density at radius 2 is 1.71 bits per heavy atom. The Bertz CT molecular complexity index is 956. The van der Waals surface area contributed by atoms with Crippen molar-refractivity contribution in [3.05, 3.63) is 65.7 Å². The molecule has 0 aliphatic carbocycles. The van der Waals surface area contributed by atoms with Gasteiger partial charge in [0.15, 0.2) is 6.61 Å². The molecule has 0 atom stereocenters. The third-order valence-electron chi connectivity index (χ3n) is 3.77. The molecule has 2 rings (SSSR count). The minimum Gasteiger partial charge on any atom is -0.497 e. The smallest absolute Gasteiger partial charge is 0.405 e. The third-order valence-corrected chi connectivity index (χ3v) is 3.77. The number of anilines is 1. The predicted molar refractivity (Wildman–Crippen MR) is 106 cm³/mol. The molecule has 10 heteroatoms. The zero-order chi connectivity index (χ0) is 22.9. The molecule has 2 aromatic carbocycles. The quantitative estimate of drug-likeness (QED) is 0.490. The van der Waals surface area contributed by atoms with Crippen LogP contribution in [0.15, 0.2) is 54.6 Å². The molecule has 31 heavy (non-hydrogen) atoms. The number of halogens is 3. The molecule has 2 N–H and O–H groups in total. The topological polar surface area (TPSA) is 93.7 Å². The number of methoxy groups -OCH3 is 1. The second-order valence-corrected chi connectivity index (χ2v) is 6.11. The Hall–Kier alpha value is -3.82. The van der Waals surface area contributed by atoms with Gasteiger partial charge in [-0.3, -0.25) is 9.59 Å². The van der Waals surface area contributed by atoms with Gasteiger partial charge in [-0.1, -0.05) is 24.3 Å². The summed E-state index contributed by atoms with van der Waals surface area (Å²) < 4.78 is 46.0. The van der Waals surface area contributed by atoms with Crippen LogP contribution < -0.4 is 15.4 Å². The van der Waals surface area contributed by atoms with Crippen molar-refractivity contribution in [3.63, 3.8) is 0 Å². The van der Waals surface area contributed by atoms with Crippen molar-refractivity contribution in [3.8, 4) is 5.75 Å². The van der Waals surface area contributed by atoms with Crippen LogP contribution in [0, 0.1) is 0 Å². The summed E-state index contributed by atoms with van der Waals surface area (Å²) in [6.45, 7) is -2.43. The van der Waals surface area contributed by atoms with Gasteiger partial charge in [0.05, 0.1) is 18.4 Å². The van der Waals surface area contributed by atoms with Crippen LogP contribution in [0.3, 0.4) is 0 Å². The maximum atomic E-state index is 12.2. The monoisotopic (exact) mass is 436 g/mol. The summed E-state index contributed by atoms with van der Waals surface area (Å²) in [5.41, 5.74) is 0.804. The van der Waals surface area contributed by atoms with Gasteiger partial charge in [0.1, 0.15) is 12.3 Å². The maximum absolute atomic E-state index is 12.2. The lowest BCUT2D eigenvalue weighted by Gasteiger charge is -2.11. The van der Waals surface area contributed by atoms with Gasteiger partial charge >= 0.3 is 12.1 Å². The Kier molecular flexibility index (Phi) is 8.18. The van der Waals surface area contributed by atoms with Crippen molar-refractivity contribution in [1.82, 2.24) is 5.32 Å². The number of amides is 2. The van der Waals surface area contributed by atoms with Crippen LogP contribution >= 0.6 is 0 Å². The second-order valence-electron chi connectivity index (χ2n) is 6.11. The van der Waals surface area contributed by atoms with E-state index in [2.05, 4.69) is 5.32 Å². The summed E-state index contributed by atoms with van der Waals surface area (Å²) in [5.74, 6) is -1.94. The predicted octanol–water partition coefficient (Wildman–Crippen LogP) is 3.18. The number of alkyl halides is 3. The van der Waals surface area contributed by atoms with Crippen LogP contribution in [0.5, 0.6) is 5.75 Å². The number of hydrogen-bond donors (Lipinski definition) is 2. The van der Waals surface area contributed by atoms with Crippen LogP contribution in [0.25, 0.3) is 6.08 Å². The van der Waals surface area contributed by atoms with Crippen molar-refractivity contribution >= 4 is 29.5 Å². The highest BCUT2D eigenvalue weighted by Gasteiger charge is 2.28. The first-order valence-electron chi connectivity index (χ1n) is 8.90. The SMILES string of the molecule is COc1ccc(/C=C/C(=O)Nc2ccccc2C(=O)OCC(=O)NCC(F)(F)F)cc1. The molecule has 0 saturated heterocycles. The van der Waals surface area contributed by atoms with Gasteiger partial charge in [-0.25, -0.2) is 4.79 Å². The van der Waals surface area contributed by atoms with Gasteiger partial charge in [0.25, 0.3) is 5.91 Å². The molecule has 0 saturated carbocycles. The Balaban J connectivity index is 1.95. The minimum absolute atomic E-state index is 0.0580. The molecule has 0 aliphatic heterocycles. The second kappa shape index (κ2) is 10.8. The first kappa shape index (κ1) is 23.5. The number of nitrogens with one attached hydrogen (secondary N) is 2. The molecule has 0 unspecified atom stereocenters. The zero-order valence-electron chi connectivity index (χ0n) is 16.4. The lowest BCUT2D eigenvalue weighted by Crippen LogP contribution is -2.36. The molecule has 0 radical (unpaired) electrons. The highest BCUT2D eigenvalue weighted by molar-refractivity contribution is 6.06. The fourth-order valence-corrected chi connectivity index (χ4v) is 2.29. The van der Waals surface area contributed by atoms with E-state index >= 15 is 0 Å². The first-order chi connectivity index (χ1) is 14.7. The summed E-state index contributed by atoms with van der Waals surface area (Å²) in [6, 6.07) is 12.8. The number of benzene rings is 2.